The number of ether oxygens (including phenoxy) is 2. The van der Waals surface area contributed by atoms with E-state index in [1.54, 1.807) is 29.2 Å². The number of nitrogens with zero attached hydrogens (tertiary/aromatic N) is 1. The Balaban J connectivity index is 1.75. The molecule has 1 amide bonds. The number of carbonyl (C=O) groups is 2. The molecule has 8 nitrogen and oxygen atoms in total. The molecule has 1 fully saturated rings. The minimum absolute atomic E-state index is 0.0865. The van der Waals surface area contributed by atoms with Crippen molar-refractivity contribution in [2.75, 3.05) is 26.2 Å². The number of benzene rings is 1. The molecule has 1 aliphatic rings. The van der Waals surface area contributed by atoms with E-state index in [-0.39, 0.29) is 18.1 Å². The lowest BCUT2D eigenvalue weighted by Gasteiger charge is -2.35. The number of carbonyl (C=O) groups excluding carboxylic acids is 2. The number of hydrogen-bond acceptors (Lipinski definition) is 6. The van der Waals surface area contributed by atoms with Crippen LogP contribution in [0, 0.1) is 0 Å². The summed E-state index contributed by atoms with van der Waals surface area (Å²) in [5.41, 5.74) is 0.713. The second-order valence-electron chi connectivity index (χ2n) is 6.30. The number of nitrogens with one attached hydrogen (secondary N) is 1. The molecule has 1 N–H and O–H groups in total. The third-order valence-electron chi connectivity index (χ3n) is 3.79. The molecular formula is C18H24N2O6S. The maximum atomic E-state index is 12.1. The van der Waals surface area contributed by atoms with Gasteiger partial charge in [-0.1, -0.05) is 30.3 Å². The fourth-order valence-corrected chi connectivity index (χ4v) is 3.36. The van der Waals surface area contributed by atoms with E-state index in [0.717, 1.165) is 5.41 Å². The molecule has 1 aromatic carbocycles. The van der Waals surface area contributed by atoms with E-state index in [4.69, 9.17) is 9.47 Å². The molecule has 2 atom stereocenters. The zero-order valence-corrected chi connectivity index (χ0v) is 16.1. The van der Waals surface area contributed by atoms with Crippen LogP contribution in [0.5, 0.6) is 0 Å². The molecule has 148 valence electrons. The molecule has 0 aliphatic carbocycles. The summed E-state index contributed by atoms with van der Waals surface area (Å²) < 4.78 is 36.3. The van der Waals surface area contributed by atoms with E-state index >= 15 is 0 Å². The Bertz CT molecular complexity index is 768. The van der Waals surface area contributed by atoms with Crippen molar-refractivity contribution in [2.24, 2.45) is 0 Å². The van der Waals surface area contributed by atoms with E-state index in [2.05, 4.69) is 4.72 Å². The number of rotatable bonds is 7. The molecule has 0 unspecified atom stereocenters. The maximum absolute atomic E-state index is 12.1. The minimum Gasteiger partial charge on any atom is -0.455 e. The highest BCUT2D eigenvalue weighted by Gasteiger charge is 2.26. The van der Waals surface area contributed by atoms with Crippen molar-refractivity contribution in [1.29, 1.82) is 0 Å². The average Bonchev–Trinajstić information content (AvgIpc) is 2.63. The predicted molar refractivity (Wildman–Crippen MR) is 99.9 cm³/mol. The minimum atomic E-state index is -3.79. The van der Waals surface area contributed by atoms with Crippen molar-refractivity contribution in [3.05, 3.63) is 41.3 Å². The molecule has 0 radical (unpaired) electrons. The van der Waals surface area contributed by atoms with E-state index in [9.17, 15) is 18.0 Å². The van der Waals surface area contributed by atoms with Crippen LogP contribution in [-0.2, 0) is 29.1 Å². The number of amides is 1. The van der Waals surface area contributed by atoms with Crippen LogP contribution >= 0.6 is 0 Å². The van der Waals surface area contributed by atoms with Gasteiger partial charge in [-0.2, -0.15) is 0 Å². The van der Waals surface area contributed by atoms with Crippen molar-refractivity contribution in [1.82, 2.24) is 9.62 Å². The second-order valence-corrected chi connectivity index (χ2v) is 7.95. The quantitative estimate of drug-likeness (QED) is 0.683. The van der Waals surface area contributed by atoms with Crippen LogP contribution in [0.1, 0.15) is 19.4 Å². The molecule has 1 aromatic rings. The Kier molecular flexibility index (Phi) is 7.52. The molecule has 9 heteroatoms. The van der Waals surface area contributed by atoms with Gasteiger partial charge >= 0.3 is 5.97 Å². The topological polar surface area (TPSA) is 102 Å². The Hall–Kier alpha value is -2.23. The summed E-state index contributed by atoms with van der Waals surface area (Å²) >= 11 is 0. The van der Waals surface area contributed by atoms with Crippen LogP contribution in [0.4, 0.5) is 0 Å². The van der Waals surface area contributed by atoms with Crippen molar-refractivity contribution < 1.29 is 27.5 Å². The Labute approximate surface area is 159 Å². The lowest BCUT2D eigenvalue weighted by atomic mass is 10.2. The van der Waals surface area contributed by atoms with Gasteiger partial charge in [0.2, 0.25) is 10.0 Å². The van der Waals surface area contributed by atoms with Gasteiger partial charge in [0.25, 0.3) is 5.91 Å². The van der Waals surface area contributed by atoms with Crippen LogP contribution < -0.4 is 4.72 Å². The predicted octanol–water partition coefficient (Wildman–Crippen LogP) is 0.756. The maximum Gasteiger partial charge on any atom is 0.321 e. The number of esters is 1. The van der Waals surface area contributed by atoms with E-state index < -0.39 is 29.1 Å². The summed E-state index contributed by atoms with van der Waals surface area (Å²) in [5.74, 6) is -1.16. The average molecular weight is 396 g/mol. The third-order valence-corrected chi connectivity index (χ3v) is 4.83. The van der Waals surface area contributed by atoms with E-state index in [1.807, 2.05) is 19.9 Å². The molecule has 0 bridgehead atoms. The molecule has 0 aromatic heterocycles. The molecule has 0 spiro atoms. The largest absolute Gasteiger partial charge is 0.455 e. The summed E-state index contributed by atoms with van der Waals surface area (Å²) in [7, 11) is -3.79. The van der Waals surface area contributed by atoms with Gasteiger partial charge in [0.05, 0.1) is 12.2 Å². The smallest absolute Gasteiger partial charge is 0.321 e. The van der Waals surface area contributed by atoms with Crippen LogP contribution in [0.3, 0.4) is 0 Å². The van der Waals surface area contributed by atoms with Crippen LogP contribution in [0.15, 0.2) is 35.7 Å². The van der Waals surface area contributed by atoms with Gasteiger partial charge in [0.1, 0.15) is 6.54 Å². The van der Waals surface area contributed by atoms with Crippen molar-refractivity contribution in [2.45, 2.75) is 26.1 Å². The fourth-order valence-electron chi connectivity index (χ4n) is 2.61. The number of sulfonamides is 1. The highest BCUT2D eigenvalue weighted by atomic mass is 32.2. The molecule has 0 saturated carbocycles. The second kappa shape index (κ2) is 9.63. The molecule has 27 heavy (non-hydrogen) atoms. The lowest BCUT2D eigenvalue weighted by molar-refractivity contribution is -0.156. The van der Waals surface area contributed by atoms with E-state index in [1.165, 1.54) is 6.08 Å². The molecule has 1 saturated heterocycles. The normalized spacial score (nSPS) is 20.6. The van der Waals surface area contributed by atoms with Crippen LogP contribution in [-0.4, -0.2) is 63.6 Å². The monoisotopic (exact) mass is 396 g/mol. The summed E-state index contributed by atoms with van der Waals surface area (Å²) in [6.07, 6.45) is 1.24. The fraction of sp³-hybridized carbons (Fsp3) is 0.444. The Morgan fingerprint density at radius 3 is 2.48 bits per heavy atom. The van der Waals surface area contributed by atoms with Gasteiger partial charge in [0.15, 0.2) is 6.61 Å². The summed E-state index contributed by atoms with van der Waals surface area (Å²) in [6, 6.07) is 8.88. The van der Waals surface area contributed by atoms with Crippen LogP contribution in [0.25, 0.3) is 6.08 Å². The molecule has 2 rings (SSSR count). The van der Waals surface area contributed by atoms with E-state index in [0.29, 0.717) is 18.7 Å². The number of hydrogen-bond donors (Lipinski definition) is 1. The number of morpholine rings is 1. The zero-order valence-electron chi connectivity index (χ0n) is 15.3. The highest BCUT2D eigenvalue weighted by Crippen LogP contribution is 2.10. The van der Waals surface area contributed by atoms with Crippen molar-refractivity contribution in [3.63, 3.8) is 0 Å². The Morgan fingerprint density at radius 1 is 1.22 bits per heavy atom. The van der Waals surface area contributed by atoms with Gasteiger partial charge < -0.3 is 14.4 Å². The van der Waals surface area contributed by atoms with Gasteiger partial charge in [-0.05, 0) is 25.5 Å². The zero-order chi connectivity index (χ0) is 19.9. The van der Waals surface area contributed by atoms with Crippen LogP contribution in [0.2, 0.25) is 0 Å². The lowest BCUT2D eigenvalue weighted by Crippen LogP contribution is -2.49. The van der Waals surface area contributed by atoms with Gasteiger partial charge in [-0.15, -0.1) is 0 Å². The first-order chi connectivity index (χ1) is 12.7. The van der Waals surface area contributed by atoms with Crippen molar-refractivity contribution in [3.8, 4) is 0 Å². The first-order valence-electron chi connectivity index (χ1n) is 8.57. The SMILES string of the molecule is C[C@@H]1CN(C(=O)COC(=O)CNS(=O)(=O)/C=C/c2ccccc2)C[C@@H](C)O1. The summed E-state index contributed by atoms with van der Waals surface area (Å²) in [5, 5.41) is 0.970. The summed E-state index contributed by atoms with van der Waals surface area (Å²) in [4.78, 5) is 25.4. The van der Waals surface area contributed by atoms with Gasteiger partial charge in [-0.3, -0.25) is 9.59 Å². The molecular weight excluding hydrogens is 372 g/mol. The highest BCUT2D eigenvalue weighted by molar-refractivity contribution is 7.92. The third kappa shape index (κ3) is 7.49. The Morgan fingerprint density at radius 2 is 1.85 bits per heavy atom. The van der Waals surface area contributed by atoms with Gasteiger partial charge in [-0.25, -0.2) is 13.1 Å². The van der Waals surface area contributed by atoms with Gasteiger partial charge in [0, 0.05) is 18.5 Å². The standard InChI is InChI=1S/C18H24N2O6S/c1-14-11-20(12-15(2)26-14)17(21)13-25-18(22)10-19-27(23,24)9-8-16-6-4-3-5-7-16/h3-9,14-15,19H,10-13H2,1-2H3/b9-8+/t14-,15-/m1/s1. The first-order valence-corrected chi connectivity index (χ1v) is 10.1. The first kappa shape index (κ1) is 21.1. The summed E-state index contributed by atoms with van der Waals surface area (Å²) in [6.45, 7) is 3.60. The molecule has 1 aliphatic heterocycles. The van der Waals surface area contributed by atoms with Crippen molar-refractivity contribution >= 4 is 28.0 Å². The molecule has 1 heterocycles.